The van der Waals surface area contributed by atoms with Gasteiger partial charge >= 0.3 is 0 Å². The van der Waals surface area contributed by atoms with Gasteiger partial charge in [0.05, 0.1) is 38.5 Å². The van der Waals surface area contributed by atoms with Crippen molar-refractivity contribution in [1.29, 1.82) is 0 Å². The maximum atomic E-state index is 11.9. The Hall–Kier alpha value is -0.910. The van der Waals surface area contributed by atoms with Crippen molar-refractivity contribution < 1.29 is 27.1 Å². The lowest BCUT2D eigenvalue weighted by atomic mass is 9.83. The smallest absolute Gasteiger partial charge is 0.243 e. The van der Waals surface area contributed by atoms with E-state index in [0.29, 0.717) is 37.0 Å². The summed E-state index contributed by atoms with van der Waals surface area (Å²) in [6.07, 6.45) is 6.21. The standard InChI is InChI=1S/C15H22N2O6S2/c1-20-23-24-17(25(2,18)19)13-3-4-14(16-11-13)12-5-7-15(8-6-12)21-9-10-22-15/h3-4,11-12H,5-10H2,1-2H3. The predicted molar refractivity (Wildman–Crippen MR) is 93.1 cm³/mol. The van der Waals surface area contributed by atoms with Crippen LogP contribution in [0.25, 0.3) is 0 Å². The molecule has 140 valence electrons. The Labute approximate surface area is 152 Å². The molecule has 1 saturated heterocycles. The van der Waals surface area contributed by atoms with Crippen LogP contribution < -0.4 is 3.71 Å². The largest absolute Gasteiger partial charge is 0.348 e. The van der Waals surface area contributed by atoms with Crippen molar-refractivity contribution in [3.8, 4) is 0 Å². The van der Waals surface area contributed by atoms with Gasteiger partial charge in [-0.3, -0.25) is 4.98 Å². The van der Waals surface area contributed by atoms with E-state index in [9.17, 15) is 8.42 Å². The molecule has 2 fully saturated rings. The van der Waals surface area contributed by atoms with E-state index in [2.05, 4.69) is 14.2 Å². The number of aromatic nitrogens is 1. The van der Waals surface area contributed by atoms with Gasteiger partial charge in [0, 0.05) is 24.5 Å². The first-order valence-electron chi connectivity index (χ1n) is 8.05. The Kier molecular flexibility index (Phi) is 5.86. The number of pyridine rings is 1. The molecule has 0 amide bonds. The molecule has 1 aliphatic heterocycles. The fourth-order valence-corrected chi connectivity index (χ4v) is 4.55. The molecular formula is C15H22N2O6S2. The molecule has 0 radical (unpaired) electrons. The van der Waals surface area contributed by atoms with Crippen LogP contribution in [0.2, 0.25) is 0 Å². The van der Waals surface area contributed by atoms with Crippen molar-refractivity contribution in [2.24, 2.45) is 0 Å². The summed E-state index contributed by atoms with van der Waals surface area (Å²) in [4.78, 5) is 8.93. The summed E-state index contributed by atoms with van der Waals surface area (Å²) in [7, 11) is -2.22. The van der Waals surface area contributed by atoms with Crippen LogP contribution in [0.1, 0.15) is 37.3 Å². The normalized spacial score (nSPS) is 20.9. The van der Waals surface area contributed by atoms with E-state index in [4.69, 9.17) is 9.47 Å². The molecule has 0 bridgehead atoms. The zero-order chi connectivity index (χ0) is 17.9. The summed E-state index contributed by atoms with van der Waals surface area (Å²) in [5.41, 5.74) is 1.35. The second-order valence-electron chi connectivity index (χ2n) is 6.12. The van der Waals surface area contributed by atoms with E-state index in [1.54, 1.807) is 6.07 Å². The topological polar surface area (TPSA) is 87.2 Å². The summed E-state index contributed by atoms with van der Waals surface area (Å²) < 4.78 is 41.0. The highest BCUT2D eigenvalue weighted by Crippen LogP contribution is 2.42. The Bertz CT molecular complexity index is 666. The van der Waals surface area contributed by atoms with E-state index in [0.717, 1.165) is 41.3 Å². The Balaban J connectivity index is 1.67. The zero-order valence-corrected chi connectivity index (χ0v) is 15.8. The average Bonchev–Trinajstić information content (AvgIpc) is 3.04. The minimum Gasteiger partial charge on any atom is -0.348 e. The molecule has 0 unspecified atom stereocenters. The minimum atomic E-state index is -3.52. The van der Waals surface area contributed by atoms with Crippen molar-refractivity contribution in [3.63, 3.8) is 0 Å². The maximum absolute atomic E-state index is 11.9. The SMILES string of the molecule is COOSN(c1ccc(C2CCC3(CC2)OCCO3)nc1)S(C)(=O)=O. The maximum Gasteiger partial charge on any atom is 0.243 e. The molecule has 1 aromatic heterocycles. The van der Waals surface area contributed by atoms with Crippen LogP contribution in [0.5, 0.6) is 0 Å². The number of sulfonamides is 1. The lowest BCUT2D eigenvalue weighted by molar-refractivity contribution is -0.178. The molecule has 0 atom stereocenters. The lowest BCUT2D eigenvalue weighted by Crippen LogP contribution is -2.34. The lowest BCUT2D eigenvalue weighted by Gasteiger charge is -2.35. The van der Waals surface area contributed by atoms with Crippen LogP contribution in [0.15, 0.2) is 18.3 Å². The summed E-state index contributed by atoms with van der Waals surface area (Å²) in [5, 5.41) is 0. The number of hydrogen-bond donors (Lipinski definition) is 0. The highest BCUT2D eigenvalue weighted by Gasteiger charge is 2.40. The number of rotatable bonds is 6. The van der Waals surface area contributed by atoms with Crippen LogP contribution >= 0.6 is 12.2 Å². The molecular weight excluding hydrogens is 368 g/mol. The van der Waals surface area contributed by atoms with Gasteiger partial charge in [-0.25, -0.2) is 13.3 Å². The summed E-state index contributed by atoms with van der Waals surface area (Å²) in [6.45, 7) is 1.33. The molecule has 2 aliphatic rings. The second kappa shape index (κ2) is 7.77. The first-order chi connectivity index (χ1) is 11.9. The van der Waals surface area contributed by atoms with Crippen LogP contribution in [-0.2, 0) is 28.7 Å². The Morgan fingerprint density at radius 1 is 1.28 bits per heavy atom. The third-order valence-corrected chi connectivity index (χ3v) is 6.78. The van der Waals surface area contributed by atoms with Crippen LogP contribution in [0.4, 0.5) is 5.69 Å². The van der Waals surface area contributed by atoms with Gasteiger partial charge in [0.1, 0.15) is 0 Å². The molecule has 2 heterocycles. The van der Waals surface area contributed by atoms with E-state index >= 15 is 0 Å². The van der Waals surface area contributed by atoms with E-state index in [1.807, 2.05) is 6.07 Å². The van der Waals surface area contributed by atoms with Gasteiger partial charge in [-0.1, -0.05) is 0 Å². The van der Waals surface area contributed by atoms with Crippen LogP contribution in [-0.4, -0.2) is 45.8 Å². The molecule has 1 aliphatic carbocycles. The number of ether oxygens (including phenoxy) is 2. The van der Waals surface area contributed by atoms with Gasteiger partial charge in [0.2, 0.25) is 10.0 Å². The monoisotopic (exact) mass is 390 g/mol. The summed E-state index contributed by atoms with van der Waals surface area (Å²) in [6, 6.07) is 3.59. The predicted octanol–water partition coefficient (Wildman–Crippen LogP) is 2.39. The molecule has 0 aromatic carbocycles. The fraction of sp³-hybridized carbons (Fsp3) is 0.667. The quantitative estimate of drug-likeness (QED) is 0.317. The first-order valence-corrected chi connectivity index (χ1v) is 10.6. The third kappa shape index (κ3) is 4.44. The van der Waals surface area contributed by atoms with Crippen molar-refractivity contribution in [2.75, 3.05) is 30.3 Å². The van der Waals surface area contributed by atoms with Gasteiger partial charge in [-0.05, 0) is 25.0 Å². The summed E-state index contributed by atoms with van der Waals surface area (Å²) in [5.74, 6) is -0.0699. The number of hydrogen-bond acceptors (Lipinski definition) is 8. The van der Waals surface area contributed by atoms with Crippen molar-refractivity contribution >= 4 is 27.9 Å². The first kappa shape index (κ1) is 18.9. The highest BCUT2D eigenvalue weighted by atomic mass is 32.3. The van der Waals surface area contributed by atoms with Gasteiger partial charge < -0.3 is 9.47 Å². The molecule has 10 heteroatoms. The second-order valence-corrected chi connectivity index (χ2v) is 8.84. The molecule has 1 aromatic rings. The molecule has 0 N–H and O–H groups in total. The third-order valence-electron chi connectivity index (χ3n) is 4.43. The highest BCUT2D eigenvalue weighted by molar-refractivity contribution is 8.11. The van der Waals surface area contributed by atoms with Crippen LogP contribution in [0.3, 0.4) is 0 Å². The van der Waals surface area contributed by atoms with E-state index in [1.165, 1.54) is 13.3 Å². The van der Waals surface area contributed by atoms with E-state index in [-0.39, 0.29) is 0 Å². The van der Waals surface area contributed by atoms with E-state index < -0.39 is 15.8 Å². The van der Waals surface area contributed by atoms with Crippen molar-refractivity contribution in [2.45, 2.75) is 37.4 Å². The minimum absolute atomic E-state index is 0.321. The number of nitrogens with zero attached hydrogens (tertiary/aromatic N) is 2. The fourth-order valence-electron chi connectivity index (χ4n) is 3.23. The van der Waals surface area contributed by atoms with Gasteiger partial charge in [-0.2, -0.15) is 3.71 Å². The molecule has 1 spiro atoms. The molecule has 1 saturated carbocycles. The molecule has 3 rings (SSSR count). The molecule has 25 heavy (non-hydrogen) atoms. The Morgan fingerprint density at radius 3 is 2.48 bits per heavy atom. The summed E-state index contributed by atoms with van der Waals surface area (Å²) >= 11 is 0.586. The molecule has 8 nitrogen and oxygen atoms in total. The number of anilines is 1. The Morgan fingerprint density at radius 2 is 1.96 bits per heavy atom. The van der Waals surface area contributed by atoms with Gasteiger partial charge in [-0.15, -0.1) is 4.33 Å². The average molecular weight is 390 g/mol. The van der Waals surface area contributed by atoms with Gasteiger partial charge in [0.15, 0.2) is 18.0 Å². The zero-order valence-electron chi connectivity index (χ0n) is 14.2. The van der Waals surface area contributed by atoms with Crippen molar-refractivity contribution in [3.05, 3.63) is 24.0 Å². The van der Waals surface area contributed by atoms with Crippen LogP contribution in [0, 0.1) is 0 Å². The van der Waals surface area contributed by atoms with Crippen molar-refractivity contribution in [1.82, 2.24) is 4.98 Å². The van der Waals surface area contributed by atoms with Gasteiger partial charge in [0.25, 0.3) is 0 Å².